The van der Waals surface area contributed by atoms with Crippen molar-refractivity contribution in [1.29, 1.82) is 0 Å². The average Bonchev–Trinajstić information content (AvgIpc) is 2.81. The minimum absolute atomic E-state index is 0.119. The van der Waals surface area contributed by atoms with Gasteiger partial charge in [0, 0.05) is 31.4 Å². The molecule has 8 heteroatoms. The molecule has 0 atom stereocenters. The molecule has 1 aliphatic heterocycles. The second-order valence-electron chi connectivity index (χ2n) is 4.53. The van der Waals surface area contributed by atoms with Gasteiger partial charge in [-0.25, -0.2) is 13.6 Å². The minimum atomic E-state index is -1.03. The van der Waals surface area contributed by atoms with Gasteiger partial charge in [-0.15, -0.1) is 0 Å². The molecule has 1 heterocycles. The van der Waals surface area contributed by atoms with Crippen LogP contribution in [0.2, 0.25) is 0 Å². The normalized spacial score (nSPS) is 14.7. The lowest BCUT2D eigenvalue weighted by atomic mass is 10.3. The number of hydrogen-bond acceptors (Lipinski definition) is 3. The summed E-state index contributed by atoms with van der Waals surface area (Å²) in [5.41, 5.74) is 0.247. The summed E-state index contributed by atoms with van der Waals surface area (Å²) in [6.45, 7) is 0.398. The third-order valence-electron chi connectivity index (χ3n) is 3.08. The molecule has 21 heavy (non-hydrogen) atoms. The van der Waals surface area contributed by atoms with Crippen LogP contribution in [-0.2, 0) is 4.79 Å². The second kappa shape index (κ2) is 6.49. The average molecular weight is 299 g/mol. The summed E-state index contributed by atoms with van der Waals surface area (Å²) in [5.74, 6) is -2.39. The number of carbonyl (C=O) groups excluding carboxylic acids is 2. The third kappa shape index (κ3) is 3.46. The fourth-order valence-corrected chi connectivity index (χ4v) is 2.05. The predicted molar refractivity (Wildman–Crippen MR) is 70.8 cm³/mol. The Labute approximate surface area is 119 Å². The molecule has 1 aliphatic rings. The summed E-state index contributed by atoms with van der Waals surface area (Å²) >= 11 is 0. The Morgan fingerprint density at radius 1 is 1.29 bits per heavy atom. The lowest BCUT2D eigenvalue weighted by molar-refractivity contribution is -0.121. The summed E-state index contributed by atoms with van der Waals surface area (Å²) in [6.07, 6.45) is 0. The van der Waals surface area contributed by atoms with Crippen molar-refractivity contribution in [1.82, 2.24) is 10.2 Å². The van der Waals surface area contributed by atoms with Crippen molar-refractivity contribution in [3.8, 4) is 0 Å². The molecule has 0 unspecified atom stereocenters. The fourth-order valence-electron chi connectivity index (χ4n) is 2.05. The monoisotopic (exact) mass is 299 g/mol. The topological polar surface area (TPSA) is 72.9 Å². The van der Waals surface area contributed by atoms with E-state index in [0.29, 0.717) is 6.54 Å². The summed E-state index contributed by atoms with van der Waals surface area (Å²) < 4.78 is 26.1. The maximum atomic E-state index is 13.2. The molecule has 0 aromatic heterocycles. The molecule has 2 N–H and O–H groups in total. The van der Waals surface area contributed by atoms with Gasteiger partial charge in [0.1, 0.15) is 6.54 Å². The van der Waals surface area contributed by atoms with E-state index in [1.54, 1.807) is 0 Å². The van der Waals surface area contributed by atoms with Gasteiger partial charge >= 0.3 is 6.03 Å². The van der Waals surface area contributed by atoms with Crippen molar-refractivity contribution in [2.75, 3.05) is 37.7 Å². The van der Waals surface area contributed by atoms with Crippen molar-refractivity contribution in [2.45, 2.75) is 0 Å². The van der Waals surface area contributed by atoms with Crippen LogP contribution >= 0.6 is 0 Å². The van der Waals surface area contributed by atoms with Crippen LogP contribution < -0.4 is 10.2 Å². The first-order valence-electron chi connectivity index (χ1n) is 6.42. The largest absolute Gasteiger partial charge is 0.395 e. The van der Waals surface area contributed by atoms with Crippen LogP contribution in [0.3, 0.4) is 0 Å². The molecule has 3 amide bonds. The molecule has 0 bridgehead atoms. The van der Waals surface area contributed by atoms with Gasteiger partial charge in [-0.05, 0) is 12.1 Å². The molecule has 2 rings (SSSR count). The summed E-state index contributed by atoms with van der Waals surface area (Å²) in [6, 6.07) is 2.77. The number of aliphatic hydroxyl groups excluding tert-OH is 1. The first-order chi connectivity index (χ1) is 10.0. The number of benzene rings is 1. The zero-order valence-corrected chi connectivity index (χ0v) is 11.2. The number of anilines is 1. The van der Waals surface area contributed by atoms with E-state index in [1.165, 1.54) is 15.9 Å². The first kappa shape index (κ1) is 15.2. The molecule has 0 aliphatic carbocycles. The van der Waals surface area contributed by atoms with Gasteiger partial charge in [0.05, 0.1) is 6.61 Å². The molecular formula is C13H15F2N3O3. The molecule has 0 saturated carbocycles. The highest BCUT2D eigenvalue weighted by Crippen LogP contribution is 2.22. The van der Waals surface area contributed by atoms with E-state index < -0.39 is 17.7 Å². The Bertz CT molecular complexity index is 553. The molecule has 1 fully saturated rings. The van der Waals surface area contributed by atoms with Crippen LogP contribution in [0.25, 0.3) is 0 Å². The quantitative estimate of drug-likeness (QED) is 0.822. The van der Waals surface area contributed by atoms with Crippen molar-refractivity contribution < 1.29 is 23.5 Å². The maximum absolute atomic E-state index is 13.2. The van der Waals surface area contributed by atoms with Crippen LogP contribution in [0, 0.1) is 11.6 Å². The second-order valence-corrected chi connectivity index (χ2v) is 4.53. The van der Waals surface area contributed by atoms with E-state index in [-0.39, 0.29) is 37.8 Å². The highest BCUT2D eigenvalue weighted by Gasteiger charge is 2.31. The highest BCUT2D eigenvalue weighted by molar-refractivity contribution is 5.96. The molecule has 0 spiro atoms. The number of hydrogen-bond donors (Lipinski definition) is 2. The molecule has 114 valence electrons. The van der Waals surface area contributed by atoms with E-state index in [1.807, 2.05) is 0 Å². The zero-order valence-electron chi connectivity index (χ0n) is 11.2. The van der Waals surface area contributed by atoms with Gasteiger partial charge in [-0.3, -0.25) is 9.69 Å². The van der Waals surface area contributed by atoms with Crippen molar-refractivity contribution >= 4 is 17.6 Å². The SMILES string of the molecule is O=C(CN1CCN(c2ccc(F)c(F)c2)C1=O)NCCO. The van der Waals surface area contributed by atoms with E-state index >= 15 is 0 Å². The Kier molecular flexibility index (Phi) is 4.69. The fraction of sp³-hybridized carbons (Fsp3) is 0.385. The lowest BCUT2D eigenvalue weighted by Gasteiger charge is -2.18. The molecule has 1 aromatic carbocycles. The Hall–Kier alpha value is -2.22. The zero-order chi connectivity index (χ0) is 15.4. The van der Waals surface area contributed by atoms with Crippen molar-refractivity contribution in [3.05, 3.63) is 29.8 Å². The standard InChI is InChI=1S/C13H15F2N3O3/c14-10-2-1-9(7-11(10)15)18-5-4-17(13(18)21)8-12(20)16-3-6-19/h1-2,7,19H,3-6,8H2,(H,16,20). The Morgan fingerprint density at radius 3 is 2.71 bits per heavy atom. The smallest absolute Gasteiger partial charge is 0.325 e. The molecular weight excluding hydrogens is 284 g/mol. The number of urea groups is 1. The van der Waals surface area contributed by atoms with Crippen LogP contribution in [0.1, 0.15) is 0 Å². The molecule has 1 aromatic rings. The minimum Gasteiger partial charge on any atom is -0.395 e. The van der Waals surface area contributed by atoms with Crippen molar-refractivity contribution in [3.63, 3.8) is 0 Å². The van der Waals surface area contributed by atoms with Gasteiger partial charge < -0.3 is 15.3 Å². The van der Waals surface area contributed by atoms with E-state index in [4.69, 9.17) is 5.11 Å². The maximum Gasteiger partial charge on any atom is 0.325 e. The Balaban J connectivity index is 2.00. The van der Waals surface area contributed by atoms with Gasteiger partial charge in [0.25, 0.3) is 0 Å². The molecule has 6 nitrogen and oxygen atoms in total. The van der Waals surface area contributed by atoms with E-state index in [2.05, 4.69) is 5.32 Å². The number of nitrogens with one attached hydrogen (secondary N) is 1. The number of aliphatic hydroxyl groups is 1. The van der Waals surface area contributed by atoms with Gasteiger partial charge in [0.2, 0.25) is 5.91 Å². The summed E-state index contributed by atoms with van der Waals surface area (Å²) in [5, 5.41) is 11.0. The lowest BCUT2D eigenvalue weighted by Crippen LogP contribution is -2.40. The van der Waals surface area contributed by atoms with Crippen molar-refractivity contribution in [2.24, 2.45) is 0 Å². The van der Waals surface area contributed by atoms with Crippen LogP contribution in [-0.4, -0.2) is 54.7 Å². The van der Waals surface area contributed by atoms with Gasteiger partial charge in [-0.1, -0.05) is 0 Å². The first-order valence-corrected chi connectivity index (χ1v) is 6.42. The van der Waals surface area contributed by atoms with Crippen LogP contribution in [0.4, 0.5) is 19.3 Å². The molecule has 1 saturated heterocycles. The third-order valence-corrected chi connectivity index (χ3v) is 3.08. The highest BCUT2D eigenvalue weighted by atomic mass is 19.2. The predicted octanol–water partition coefficient (Wildman–Crippen LogP) is 0.315. The van der Waals surface area contributed by atoms with Crippen LogP contribution in [0.15, 0.2) is 18.2 Å². The number of halogens is 2. The number of carbonyl (C=O) groups is 2. The van der Waals surface area contributed by atoms with E-state index in [9.17, 15) is 18.4 Å². The number of nitrogens with zero attached hydrogens (tertiary/aromatic N) is 2. The van der Waals surface area contributed by atoms with Gasteiger partial charge in [0.15, 0.2) is 11.6 Å². The number of rotatable bonds is 5. The number of amides is 3. The summed E-state index contributed by atoms with van der Waals surface area (Å²) in [4.78, 5) is 26.2. The van der Waals surface area contributed by atoms with E-state index in [0.717, 1.165) is 12.1 Å². The van der Waals surface area contributed by atoms with Gasteiger partial charge in [-0.2, -0.15) is 0 Å². The summed E-state index contributed by atoms with van der Waals surface area (Å²) in [7, 11) is 0. The van der Waals surface area contributed by atoms with Crippen LogP contribution in [0.5, 0.6) is 0 Å². The molecule has 0 radical (unpaired) electrons. The Morgan fingerprint density at radius 2 is 2.05 bits per heavy atom.